The van der Waals surface area contributed by atoms with E-state index in [0.717, 1.165) is 23.7 Å². The first-order valence-corrected chi connectivity index (χ1v) is 7.73. The summed E-state index contributed by atoms with van der Waals surface area (Å²) < 4.78 is 11.2. The molecule has 106 valence electrons. The van der Waals surface area contributed by atoms with Crippen LogP contribution < -0.4 is 4.74 Å². The van der Waals surface area contributed by atoms with E-state index in [-0.39, 0.29) is 5.41 Å². The third-order valence-electron chi connectivity index (χ3n) is 4.00. The van der Waals surface area contributed by atoms with Crippen LogP contribution in [0.2, 0.25) is 0 Å². The van der Waals surface area contributed by atoms with Crippen molar-refractivity contribution in [1.82, 2.24) is 0 Å². The highest BCUT2D eigenvalue weighted by Crippen LogP contribution is 2.37. The average Bonchev–Trinajstić information content (AvgIpc) is 2.47. The molecule has 1 saturated carbocycles. The Morgan fingerprint density at radius 3 is 2.68 bits per heavy atom. The van der Waals surface area contributed by atoms with Gasteiger partial charge in [-0.15, -0.1) is 0 Å². The molecule has 2 nitrogen and oxygen atoms in total. The van der Waals surface area contributed by atoms with Gasteiger partial charge in [0, 0.05) is 12.5 Å². The molecule has 0 aromatic heterocycles. The molecule has 0 N–H and O–H groups in total. The monoisotopic (exact) mass is 280 g/mol. The van der Waals surface area contributed by atoms with Crippen molar-refractivity contribution in [2.45, 2.75) is 38.7 Å². The highest BCUT2D eigenvalue weighted by molar-refractivity contribution is 7.80. The number of benzene rings is 1. The second-order valence-corrected chi connectivity index (χ2v) is 5.90. The molecule has 3 heteroatoms. The maximum atomic E-state index is 6.02. The minimum absolute atomic E-state index is 0.276. The van der Waals surface area contributed by atoms with E-state index >= 15 is 0 Å². The van der Waals surface area contributed by atoms with Crippen LogP contribution >= 0.6 is 12.6 Å². The van der Waals surface area contributed by atoms with Gasteiger partial charge < -0.3 is 9.47 Å². The number of ether oxygens (including phenoxy) is 2. The van der Waals surface area contributed by atoms with E-state index in [1.54, 1.807) is 7.11 Å². The van der Waals surface area contributed by atoms with Gasteiger partial charge in [0.1, 0.15) is 5.75 Å². The highest BCUT2D eigenvalue weighted by atomic mass is 32.1. The van der Waals surface area contributed by atoms with Gasteiger partial charge in [-0.1, -0.05) is 31.4 Å². The number of methoxy groups -OCH3 is 1. The van der Waals surface area contributed by atoms with Gasteiger partial charge >= 0.3 is 0 Å². The fourth-order valence-electron chi connectivity index (χ4n) is 2.78. The fourth-order valence-corrected chi connectivity index (χ4v) is 3.19. The zero-order valence-corrected chi connectivity index (χ0v) is 12.6. The summed E-state index contributed by atoms with van der Waals surface area (Å²) >= 11 is 4.55. The predicted molar refractivity (Wildman–Crippen MR) is 82.0 cm³/mol. The van der Waals surface area contributed by atoms with Crippen LogP contribution in [0.4, 0.5) is 0 Å². The molecular weight excluding hydrogens is 256 g/mol. The van der Waals surface area contributed by atoms with Crippen LogP contribution in [0.1, 0.15) is 37.7 Å². The predicted octanol–water partition coefficient (Wildman–Crippen LogP) is 4.09. The van der Waals surface area contributed by atoms with Crippen molar-refractivity contribution in [2.24, 2.45) is 5.41 Å². The lowest BCUT2D eigenvalue weighted by molar-refractivity contribution is 0.120. The van der Waals surface area contributed by atoms with Crippen molar-refractivity contribution >= 4 is 12.6 Å². The molecule has 0 radical (unpaired) electrons. The minimum atomic E-state index is 0.276. The molecule has 1 aromatic carbocycles. The average molecular weight is 280 g/mol. The van der Waals surface area contributed by atoms with Crippen LogP contribution in [0.5, 0.6) is 5.75 Å². The van der Waals surface area contributed by atoms with Crippen LogP contribution in [0.3, 0.4) is 0 Å². The lowest BCUT2D eigenvalue weighted by Crippen LogP contribution is -2.32. The normalized spacial score (nSPS) is 18.2. The molecule has 19 heavy (non-hydrogen) atoms. The van der Waals surface area contributed by atoms with E-state index < -0.39 is 0 Å². The summed E-state index contributed by atoms with van der Waals surface area (Å²) in [5.74, 6) is 1.87. The van der Waals surface area contributed by atoms with Gasteiger partial charge in [-0.05, 0) is 36.3 Å². The maximum absolute atomic E-state index is 6.02. The van der Waals surface area contributed by atoms with E-state index in [9.17, 15) is 0 Å². The molecule has 0 bridgehead atoms. The van der Waals surface area contributed by atoms with Crippen molar-refractivity contribution in [3.63, 3.8) is 0 Å². The largest absolute Gasteiger partial charge is 0.493 e. The first-order chi connectivity index (χ1) is 9.28. The van der Waals surface area contributed by atoms with Gasteiger partial charge in [-0.2, -0.15) is 12.6 Å². The van der Waals surface area contributed by atoms with Crippen LogP contribution in [0.25, 0.3) is 0 Å². The Morgan fingerprint density at radius 2 is 2.00 bits per heavy atom. The van der Waals surface area contributed by atoms with E-state index in [0.29, 0.717) is 6.61 Å². The van der Waals surface area contributed by atoms with E-state index in [4.69, 9.17) is 9.47 Å². The Bertz CT molecular complexity index is 386. The first-order valence-electron chi connectivity index (χ1n) is 7.10. The van der Waals surface area contributed by atoms with E-state index in [1.165, 1.54) is 32.1 Å². The lowest BCUT2D eigenvalue weighted by atomic mass is 9.76. The topological polar surface area (TPSA) is 18.5 Å². The molecule has 2 rings (SSSR count). The molecular formula is C16H24O2S. The Labute approximate surface area is 121 Å². The smallest absolute Gasteiger partial charge is 0.119 e. The summed E-state index contributed by atoms with van der Waals surface area (Å²) in [5.41, 5.74) is 1.43. The molecule has 0 aliphatic heterocycles. The first kappa shape index (κ1) is 14.7. The van der Waals surface area contributed by atoms with Gasteiger partial charge in [0.25, 0.3) is 0 Å². The standard InChI is InChI=1S/C16H24O2S/c1-17-11-14-6-5-7-15(10-14)18-12-16(13-19)8-3-2-4-9-16/h5-7,10,19H,2-4,8-9,11-13H2,1H3. The second-order valence-electron chi connectivity index (χ2n) is 5.59. The van der Waals surface area contributed by atoms with Crippen LogP contribution in [-0.2, 0) is 11.3 Å². The van der Waals surface area contributed by atoms with Crippen LogP contribution in [-0.4, -0.2) is 19.5 Å². The van der Waals surface area contributed by atoms with Gasteiger partial charge in [0.15, 0.2) is 0 Å². The molecule has 1 aliphatic rings. The molecule has 1 aromatic rings. The number of thiol groups is 1. The number of hydrogen-bond donors (Lipinski definition) is 1. The van der Waals surface area contributed by atoms with Crippen LogP contribution in [0, 0.1) is 5.41 Å². The highest BCUT2D eigenvalue weighted by Gasteiger charge is 2.31. The maximum Gasteiger partial charge on any atom is 0.119 e. The lowest BCUT2D eigenvalue weighted by Gasteiger charge is -2.35. The quantitative estimate of drug-likeness (QED) is 0.791. The summed E-state index contributed by atoms with van der Waals surface area (Å²) in [6, 6.07) is 8.18. The molecule has 0 heterocycles. The second kappa shape index (κ2) is 7.20. The summed E-state index contributed by atoms with van der Waals surface area (Å²) in [6.07, 6.45) is 6.47. The van der Waals surface area contributed by atoms with E-state index in [2.05, 4.69) is 24.8 Å². The van der Waals surface area contributed by atoms with Crippen molar-refractivity contribution in [3.05, 3.63) is 29.8 Å². The molecule has 1 aliphatic carbocycles. The molecule has 0 atom stereocenters. The molecule has 1 fully saturated rings. The summed E-state index contributed by atoms with van der Waals surface area (Å²) in [5, 5.41) is 0. The zero-order chi connectivity index (χ0) is 13.6. The summed E-state index contributed by atoms with van der Waals surface area (Å²) in [6.45, 7) is 1.42. The fraction of sp³-hybridized carbons (Fsp3) is 0.625. The Morgan fingerprint density at radius 1 is 1.21 bits per heavy atom. The third kappa shape index (κ3) is 4.15. The van der Waals surface area contributed by atoms with Gasteiger partial charge in [-0.25, -0.2) is 0 Å². The van der Waals surface area contributed by atoms with Gasteiger partial charge in [0.05, 0.1) is 13.2 Å². The molecule has 0 unspecified atom stereocenters. The minimum Gasteiger partial charge on any atom is -0.493 e. The molecule has 0 amide bonds. The van der Waals surface area contributed by atoms with Gasteiger partial charge in [0.2, 0.25) is 0 Å². The van der Waals surface area contributed by atoms with E-state index in [1.807, 2.05) is 12.1 Å². The Hall–Kier alpha value is -0.670. The molecule has 0 saturated heterocycles. The third-order valence-corrected chi connectivity index (χ3v) is 4.67. The summed E-state index contributed by atoms with van der Waals surface area (Å²) in [7, 11) is 1.71. The van der Waals surface area contributed by atoms with Crippen LogP contribution in [0.15, 0.2) is 24.3 Å². The van der Waals surface area contributed by atoms with Crippen molar-refractivity contribution < 1.29 is 9.47 Å². The zero-order valence-electron chi connectivity index (χ0n) is 11.7. The SMILES string of the molecule is COCc1cccc(OCC2(CS)CCCCC2)c1. The van der Waals surface area contributed by atoms with Crippen molar-refractivity contribution in [2.75, 3.05) is 19.5 Å². The molecule has 0 spiro atoms. The number of hydrogen-bond acceptors (Lipinski definition) is 3. The summed E-state index contributed by atoms with van der Waals surface area (Å²) in [4.78, 5) is 0. The van der Waals surface area contributed by atoms with Crippen molar-refractivity contribution in [1.29, 1.82) is 0 Å². The Kier molecular flexibility index (Phi) is 5.59. The Balaban J connectivity index is 1.94. The van der Waals surface area contributed by atoms with Crippen molar-refractivity contribution in [3.8, 4) is 5.75 Å². The number of rotatable bonds is 6. The van der Waals surface area contributed by atoms with Gasteiger partial charge in [-0.3, -0.25) is 0 Å².